The molecule has 3 aromatic rings. The highest BCUT2D eigenvalue weighted by Crippen LogP contribution is 2.22. The molecular formula is C19H18BrN5O2S. The lowest BCUT2D eigenvalue weighted by molar-refractivity contribution is -0.384. The van der Waals surface area contributed by atoms with Crippen LogP contribution in [0.5, 0.6) is 0 Å². The Morgan fingerprint density at radius 3 is 2.39 bits per heavy atom. The van der Waals surface area contributed by atoms with Crippen LogP contribution in [0.25, 0.3) is 0 Å². The Kier molecular flexibility index (Phi) is 6.05. The van der Waals surface area contributed by atoms with Crippen LogP contribution in [0.1, 0.15) is 17.0 Å². The van der Waals surface area contributed by atoms with Crippen LogP contribution in [-0.2, 0) is 6.54 Å². The highest BCUT2D eigenvalue weighted by molar-refractivity contribution is 9.10. The third-order valence-electron chi connectivity index (χ3n) is 4.20. The first kappa shape index (κ1) is 20.0. The molecule has 1 aromatic heterocycles. The van der Waals surface area contributed by atoms with E-state index < -0.39 is 4.92 Å². The first-order chi connectivity index (χ1) is 13.3. The highest BCUT2D eigenvalue weighted by atomic mass is 79.9. The number of hydrogen-bond acceptors (Lipinski definition) is 4. The molecule has 0 radical (unpaired) electrons. The summed E-state index contributed by atoms with van der Waals surface area (Å²) in [6, 6.07) is 14.2. The van der Waals surface area contributed by atoms with E-state index in [-0.39, 0.29) is 5.69 Å². The zero-order chi connectivity index (χ0) is 20.3. The van der Waals surface area contributed by atoms with Crippen molar-refractivity contribution in [3.8, 4) is 0 Å². The van der Waals surface area contributed by atoms with Crippen LogP contribution < -0.4 is 10.6 Å². The molecule has 0 aliphatic rings. The molecule has 0 unspecified atom stereocenters. The number of anilines is 2. The zero-order valence-corrected chi connectivity index (χ0v) is 17.7. The smallest absolute Gasteiger partial charge is 0.269 e. The number of benzene rings is 2. The molecule has 9 heteroatoms. The van der Waals surface area contributed by atoms with Crippen molar-refractivity contribution in [1.82, 2.24) is 9.78 Å². The molecule has 2 aromatic carbocycles. The Balaban J connectivity index is 1.69. The molecule has 0 aliphatic heterocycles. The number of aromatic nitrogens is 2. The Morgan fingerprint density at radius 2 is 1.79 bits per heavy atom. The Labute approximate surface area is 176 Å². The molecule has 0 fully saturated rings. The second-order valence-electron chi connectivity index (χ2n) is 6.21. The summed E-state index contributed by atoms with van der Waals surface area (Å²) < 4.78 is 2.96. The van der Waals surface area contributed by atoms with Crippen LogP contribution in [0.3, 0.4) is 0 Å². The van der Waals surface area contributed by atoms with Crippen LogP contribution in [0.15, 0.2) is 53.0 Å². The number of aryl methyl sites for hydroxylation is 1. The summed E-state index contributed by atoms with van der Waals surface area (Å²) in [7, 11) is 0. The van der Waals surface area contributed by atoms with E-state index in [1.165, 1.54) is 12.1 Å². The molecule has 144 valence electrons. The van der Waals surface area contributed by atoms with Crippen LogP contribution in [-0.4, -0.2) is 19.8 Å². The van der Waals surface area contributed by atoms with Crippen molar-refractivity contribution in [2.24, 2.45) is 0 Å². The van der Waals surface area contributed by atoms with Gasteiger partial charge in [-0.2, -0.15) is 5.10 Å². The lowest BCUT2D eigenvalue weighted by atomic mass is 10.2. The first-order valence-corrected chi connectivity index (χ1v) is 9.64. The minimum Gasteiger partial charge on any atom is -0.332 e. The lowest BCUT2D eigenvalue weighted by Gasteiger charge is -2.11. The van der Waals surface area contributed by atoms with Gasteiger partial charge in [0.1, 0.15) is 0 Å². The van der Waals surface area contributed by atoms with Gasteiger partial charge in [0.05, 0.1) is 28.5 Å². The summed E-state index contributed by atoms with van der Waals surface area (Å²) in [4.78, 5) is 10.3. The van der Waals surface area contributed by atoms with Gasteiger partial charge in [0.15, 0.2) is 5.11 Å². The van der Waals surface area contributed by atoms with Gasteiger partial charge in [-0.3, -0.25) is 14.8 Å². The van der Waals surface area contributed by atoms with Crippen molar-refractivity contribution in [3.63, 3.8) is 0 Å². The number of halogens is 1. The van der Waals surface area contributed by atoms with Crippen LogP contribution in [0.2, 0.25) is 0 Å². The molecule has 0 atom stereocenters. The molecule has 0 amide bonds. The molecule has 28 heavy (non-hydrogen) atoms. The number of non-ortho nitro benzene ring substituents is 1. The number of nitro groups is 1. The molecule has 0 saturated heterocycles. The quantitative estimate of drug-likeness (QED) is 0.316. The van der Waals surface area contributed by atoms with E-state index in [9.17, 15) is 10.1 Å². The molecular weight excluding hydrogens is 442 g/mol. The topological polar surface area (TPSA) is 85.0 Å². The summed E-state index contributed by atoms with van der Waals surface area (Å²) in [6.07, 6.45) is 0. The summed E-state index contributed by atoms with van der Waals surface area (Å²) >= 11 is 8.82. The number of thiocarbonyl (C=S) groups is 1. The highest BCUT2D eigenvalue weighted by Gasteiger charge is 2.13. The maximum absolute atomic E-state index is 10.7. The minimum atomic E-state index is -0.438. The average Bonchev–Trinajstić information content (AvgIpc) is 2.91. The van der Waals surface area contributed by atoms with Gasteiger partial charge in [0.2, 0.25) is 0 Å². The maximum Gasteiger partial charge on any atom is 0.269 e. The fourth-order valence-corrected chi connectivity index (χ4v) is 3.22. The van der Waals surface area contributed by atoms with Gasteiger partial charge in [-0.1, -0.05) is 28.1 Å². The normalized spacial score (nSPS) is 10.5. The molecule has 0 aliphatic carbocycles. The predicted molar refractivity (Wildman–Crippen MR) is 118 cm³/mol. The number of nitrogens with zero attached hydrogens (tertiary/aromatic N) is 3. The van der Waals surface area contributed by atoms with E-state index >= 15 is 0 Å². The summed E-state index contributed by atoms with van der Waals surface area (Å²) in [6.45, 7) is 4.56. The third kappa shape index (κ3) is 4.73. The van der Waals surface area contributed by atoms with Crippen molar-refractivity contribution < 1.29 is 4.92 Å². The average molecular weight is 460 g/mol. The summed E-state index contributed by atoms with van der Waals surface area (Å²) in [5.74, 6) is 0. The minimum absolute atomic E-state index is 0.0327. The lowest BCUT2D eigenvalue weighted by Crippen LogP contribution is -2.20. The molecule has 0 saturated carbocycles. The van der Waals surface area contributed by atoms with Crippen LogP contribution >= 0.6 is 28.1 Å². The van der Waals surface area contributed by atoms with Gasteiger partial charge < -0.3 is 10.6 Å². The molecule has 3 rings (SSSR count). The van der Waals surface area contributed by atoms with Gasteiger partial charge in [-0.15, -0.1) is 0 Å². The molecule has 1 heterocycles. The third-order valence-corrected chi connectivity index (χ3v) is 4.93. The zero-order valence-electron chi connectivity index (χ0n) is 15.3. The number of rotatable bonds is 5. The van der Waals surface area contributed by atoms with Crippen molar-refractivity contribution in [3.05, 3.63) is 80.1 Å². The molecule has 0 bridgehead atoms. The monoisotopic (exact) mass is 459 g/mol. The fraction of sp³-hybridized carbons (Fsp3) is 0.158. The van der Waals surface area contributed by atoms with E-state index in [4.69, 9.17) is 12.2 Å². The first-order valence-electron chi connectivity index (χ1n) is 8.44. The SMILES string of the molecule is Cc1nn(Cc2ccc(Br)cc2)c(C)c1NC(=S)Nc1ccc([N+](=O)[O-])cc1. The Hall–Kier alpha value is -2.78. The van der Waals surface area contributed by atoms with Crippen molar-refractivity contribution in [1.29, 1.82) is 0 Å². The van der Waals surface area contributed by atoms with E-state index in [1.54, 1.807) is 12.1 Å². The van der Waals surface area contributed by atoms with Crippen LogP contribution in [0, 0.1) is 24.0 Å². The van der Waals surface area contributed by atoms with Crippen LogP contribution in [0.4, 0.5) is 17.1 Å². The maximum atomic E-state index is 10.7. The predicted octanol–water partition coefficient (Wildman–Crippen LogP) is 5.03. The summed E-state index contributed by atoms with van der Waals surface area (Å²) in [5, 5.41) is 21.9. The van der Waals surface area contributed by atoms with E-state index in [2.05, 4.69) is 43.8 Å². The number of hydrogen-bond donors (Lipinski definition) is 2. The van der Waals surface area contributed by atoms with Gasteiger partial charge in [-0.25, -0.2) is 0 Å². The van der Waals surface area contributed by atoms with Crippen molar-refractivity contribution >= 4 is 50.3 Å². The van der Waals surface area contributed by atoms with Gasteiger partial charge in [-0.05, 0) is 55.9 Å². The van der Waals surface area contributed by atoms with Crippen molar-refractivity contribution in [2.45, 2.75) is 20.4 Å². The summed E-state index contributed by atoms with van der Waals surface area (Å²) in [5.41, 5.74) is 4.49. The van der Waals surface area contributed by atoms with Gasteiger partial charge in [0.25, 0.3) is 5.69 Å². The molecule has 7 nitrogen and oxygen atoms in total. The molecule has 2 N–H and O–H groups in total. The van der Waals surface area contributed by atoms with E-state index in [0.29, 0.717) is 17.3 Å². The number of nitrogens with one attached hydrogen (secondary N) is 2. The largest absolute Gasteiger partial charge is 0.332 e. The van der Waals surface area contributed by atoms with E-state index in [0.717, 1.165) is 27.1 Å². The Morgan fingerprint density at radius 1 is 1.14 bits per heavy atom. The van der Waals surface area contributed by atoms with E-state index in [1.807, 2.05) is 30.7 Å². The standard InChI is InChI=1S/C19H18BrN5O2S/c1-12-18(13(2)24(23-12)11-14-3-5-15(20)6-4-14)22-19(28)21-16-7-9-17(10-8-16)25(26)27/h3-10H,11H2,1-2H3,(H2,21,22,28). The van der Waals surface area contributed by atoms with Gasteiger partial charge >= 0.3 is 0 Å². The van der Waals surface area contributed by atoms with Crippen molar-refractivity contribution in [2.75, 3.05) is 10.6 Å². The number of nitro benzene ring substituents is 1. The Bertz CT molecular complexity index is 1020. The fourth-order valence-electron chi connectivity index (χ4n) is 2.74. The van der Waals surface area contributed by atoms with Gasteiger partial charge in [0, 0.05) is 22.3 Å². The second-order valence-corrected chi connectivity index (χ2v) is 7.54. The second kappa shape index (κ2) is 8.49. The molecule has 0 spiro atoms.